The van der Waals surface area contributed by atoms with Crippen LogP contribution in [0.4, 0.5) is 10.9 Å². The number of nitro groups is 1. The lowest BCUT2D eigenvalue weighted by Crippen LogP contribution is -2.11. The van der Waals surface area contributed by atoms with E-state index in [9.17, 15) is 14.9 Å². The lowest BCUT2D eigenvalue weighted by Gasteiger charge is -2.11. The molecule has 0 radical (unpaired) electrons. The SMILES string of the molecule is Cc1cc(Oc2ccc([N+](=O)[O-])nc2)cc(C)c1-c1csc(NC(=O)c2ccncc2)n1. The van der Waals surface area contributed by atoms with Crippen molar-refractivity contribution in [2.45, 2.75) is 13.8 Å². The number of benzene rings is 1. The van der Waals surface area contributed by atoms with Crippen LogP contribution >= 0.6 is 11.3 Å². The van der Waals surface area contributed by atoms with Gasteiger partial charge in [0.15, 0.2) is 17.1 Å². The first-order chi connectivity index (χ1) is 15.4. The zero-order valence-corrected chi connectivity index (χ0v) is 17.9. The van der Waals surface area contributed by atoms with Crippen molar-refractivity contribution in [1.29, 1.82) is 0 Å². The molecule has 0 unspecified atom stereocenters. The van der Waals surface area contributed by atoms with E-state index in [4.69, 9.17) is 4.74 Å². The van der Waals surface area contributed by atoms with Crippen molar-refractivity contribution in [3.8, 4) is 22.8 Å². The Labute approximate surface area is 186 Å². The predicted octanol–water partition coefficient (Wildman–Crippen LogP) is 5.17. The fraction of sp³-hybridized carbons (Fsp3) is 0.0909. The lowest BCUT2D eigenvalue weighted by molar-refractivity contribution is -0.389. The summed E-state index contributed by atoms with van der Waals surface area (Å²) >= 11 is 1.34. The third kappa shape index (κ3) is 4.60. The highest BCUT2D eigenvalue weighted by Crippen LogP contribution is 2.34. The number of pyridine rings is 2. The Kier molecular flexibility index (Phi) is 5.86. The number of carbonyl (C=O) groups is 1. The number of nitrogens with one attached hydrogen (secondary N) is 1. The normalized spacial score (nSPS) is 10.6. The smallest absolute Gasteiger partial charge is 0.363 e. The van der Waals surface area contributed by atoms with Gasteiger partial charge in [0.05, 0.1) is 5.69 Å². The molecule has 160 valence electrons. The standard InChI is InChI=1S/C22H17N5O4S/c1-13-9-17(31-16-3-4-19(24-11-16)27(29)30)10-14(2)20(13)18-12-32-22(25-18)26-21(28)15-5-7-23-8-6-15/h3-12H,1-2H3,(H,25,26,28). The maximum absolute atomic E-state index is 12.3. The molecule has 9 nitrogen and oxygen atoms in total. The third-order valence-corrected chi connectivity index (χ3v) is 5.33. The highest BCUT2D eigenvalue weighted by atomic mass is 32.1. The molecule has 0 aliphatic heterocycles. The average molecular weight is 447 g/mol. The van der Waals surface area contributed by atoms with E-state index < -0.39 is 4.92 Å². The summed E-state index contributed by atoms with van der Waals surface area (Å²) in [7, 11) is 0. The van der Waals surface area contributed by atoms with E-state index in [1.165, 1.54) is 29.7 Å². The molecule has 4 rings (SSSR count). The quantitative estimate of drug-likeness (QED) is 0.320. The fourth-order valence-electron chi connectivity index (χ4n) is 3.18. The summed E-state index contributed by atoms with van der Waals surface area (Å²) in [6.45, 7) is 3.88. The van der Waals surface area contributed by atoms with Crippen molar-refractivity contribution in [3.05, 3.63) is 87.2 Å². The molecular weight excluding hydrogens is 430 g/mol. The first-order valence-electron chi connectivity index (χ1n) is 9.47. The van der Waals surface area contributed by atoms with E-state index >= 15 is 0 Å². The van der Waals surface area contributed by atoms with E-state index in [0.29, 0.717) is 22.2 Å². The molecule has 0 saturated heterocycles. The molecule has 0 saturated carbocycles. The van der Waals surface area contributed by atoms with E-state index in [1.54, 1.807) is 24.5 Å². The van der Waals surface area contributed by atoms with Crippen LogP contribution < -0.4 is 10.1 Å². The average Bonchev–Trinajstić information content (AvgIpc) is 3.22. The van der Waals surface area contributed by atoms with E-state index in [1.807, 2.05) is 31.4 Å². The van der Waals surface area contributed by atoms with Crippen molar-refractivity contribution in [3.63, 3.8) is 0 Å². The Morgan fingerprint density at radius 2 is 1.81 bits per heavy atom. The molecule has 1 N–H and O–H groups in total. The first kappa shape index (κ1) is 21.1. The van der Waals surface area contributed by atoms with Gasteiger partial charge in [-0.2, -0.15) is 0 Å². The maximum atomic E-state index is 12.3. The summed E-state index contributed by atoms with van der Waals surface area (Å²) in [6, 6.07) is 9.79. The van der Waals surface area contributed by atoms with E-state index in [0.717, 1.165) is 22.4 Å². The molecule has 0 spiro atoms. The topological polar surface area (TPSA) is 120 Å². The number of aromatic nitrogens is 3. The predicted molar refractivity (Wildman–Crippen MR) is 120 cm³/mol. The van der Waals surface area contributed by atoms with Crippen LogP contribution in [0.3, 0.4) is 0 Å². The molecule has 0 bridgehead atoms. The summed E-state index contributed by atoms with van der Waals surface area (Å²) in [5, 5.41) is 15.9. The minimum Gasteiger partial charge on any atom is -0.453 e. The highest BCUT2D eigenvalue weighted by molar-refractivity contribution is 7.14. The number of nitrogens with zero attached hydrogens (tertiary/aromatic N) is 4. The van der Waals surface area contributed by atoms with Crippen molar-refractivity contribution in [2.75, 3.05) is 5.32 Å². The van der Waals surface area contributed by atoms with Crippen LogP contribution in [0.25, 0.3) is 11.3 Å². The molecule has 0 aliphatic carbocycles. The second-order valence-electron chi connectivity index (χ2n) is 6.87. The number of rotatable bonds is 6. The Morgan fingerprint density at radius 3 is 2.44 bits per heavy atom. The van der Waals surface area contributed by atoms with Crippen LogP contribution in [-0.4, -0.2) is 25.8 Å². The number of ether oxygens (including phenoxy) is 1. The molecular formula is C22H17N5O4S. The summed E-state index contributed by atoms with van der Waals surface area (Å²) in [5.74, 6) is 0.496. The van der Waals surface area contributed by atoms with Crippen LogP contribution in [0.5, 0.6) is 11.5 Å². The van der Waals surface area contributed by atoms with Crippen molar-refractivity contribution in [1.82, 2.24) is 15.0 Å². The van der Waals surface area contributed by atoms with Gasteiger partial charge in [0, 0.05) is 35.0 Å². The fourth-order valence-corrected chi connectivity index (χ4v) is 3.88. The molecule has 3 aromatic heterocycles. The summed E-state index contributed by atoms with van der Waals surface area (Å²) in [5.41, 5.74) is 4.07. The molecule has 1 aromatic carbocycles. The summed E-state index contributed by atoms with van der Waals surface area (Å²) in [4.78, 5) is 34.7. The molecule has 0 fully saturated rings. The largest absolute Gasteiger partial charge is 0.453 e. The van der Waals surface area contributed by atoms with Crippen molar-refractivity contribution >= 4 is 28.2 Å². The minimum absolute atomic E-state index is 0.240. The Morgan fingerprint density at radius 1 is 1.09 bits per heavy atom. The van der Waals surface area contributed by atoms with Gasteiger partial charge in [-0.3, -0.25) is 15.1 Å². The van der Waals surface area contributed by atoms with E-state index in [-0.39, 0.29) is 11.7 Å². The number of hydrogen-bond acceptors (Lipinski definition) is 8. The van der Waals surface area contributed by atoms with Crippen LogP contribution in [0.2, 0.25) is 0 Å². The first-order valence-corrected chi connectivity index (χ1v) is 10.4. The molecule has 0 atom stereocenters. The number of aryl methyl sites for hydroxylation is 2. The summed E-state index contributed by atoms with van der Waals surface area (Å²) < 4.78 is 5.81. The zero-order valence-electron chi connectivity index (χ0n) is 17.1. The van der Waals surface area contributed by atoms with Gasteiger partial charge in [-0.05, 0) is 65.2 Å². The number of amides is 1. The van der Waals surface area contributed by atoms with Gasteiger partial charge in [0.2, 0.25) is 0 Å². The van der Waals surface area contributed by atoms with Gasteiger partial charge in [-0.1, -0.05) is 0 Å². The van der Waals surface area contributed by atoms with Gasteiger partial charge in [-0.25, -0.2) is 4.98 Å². The van der Waals surface area contributed by atoms with Crippen LogP contribution in [0, 0.1) is 24.0 Å². The molecule has 4 aromatic rings. The van der Waals surface area contributed by atoms with Crippen molar-refractivity contribution in [2.24, 2.45) is 0 Å². The number of carbonyl (C=O) groups excluding carboxylic acids is 1. The van der Waals surface area contributed by atoms with Gasteiger partial charge in [-0.15, -0.1) is 11.3 Å². The second kappa shape index (κ2) is 8.90. The maximum Gasteiger partial charge on any atom is 0.363 e. The lowest BCUT2D eigenvalue weighted by atomic mass is 10.0. The second-order valence-corrected chi connectivity index (χ2v) is 7.73. The molecule has 3 heterocycles. The Hall–Kier alpha value is -4.18. The van der Waals surface area contributed by atoms with Gasteiger partial charge >= 0.3 is 5.82 Å². The van der Waals surface area contributed by atoms with E-state index in [2.05, 4.69) is 20.3 Å². The van der Waals surface area contributed by atoms with Gasteiger partial charge in [0.1, 0.15) is 5.75 Å². The number of thiazole rings is 1. The van der Waals surface area contributed by atoms with Crippen molar-refractivity contribution < 1.29 is 14.5 Å². The Balaban J connectivity index is 1.52. The third-order valence-electron chi connectivity index (χ3n) is 4.57. The number of hydrogen-bond donors (Lipinski definition) is 1. The number of anilines is 1. The highest BCUT2D eigenvalue weighted by Gasteiger charge is 2.15. The van der Waals surface area contributed by atoms with Gasteiger partial charge in [0.25, 0.3) is 5.91 Å². The van der Waals surface area contributed by atoms with Crippen LogP contribution in [0.15, 0.2) is 60.4 Å². The minimum atomic E-state index is -0.561. The Bertz CT molecular complexity index is 1270. The molecule has 1 amide bonds. The molecule has 0 aliphatic rings. The van der Waals surface area contributed by atoms with Crippen LogP contribution in [-0.2, 0) is 0 Å². The summed E-state index contributed by atoms with van der Waals surface area (Å²) in [6.07, 6.45) is 4.44. The molecule has 10 heteroatoms. The molecule has 32 heavy (non-hydrogen) atoms. The monoisotopic (exact) mass is 447 g/mol. The zero-order chi connectivity index (χ0) is 22.7. The van der Waals surface area contributed by atoms with Gasteiger partial charge < -0.3 is 14.9 Å². The van der Waals surface area contributed by atoms with Crippen LogP contribution in [0.1, 0.15) is 21.5 Å².